The largest absolute Gasteiger partial charge is 0.309 e. The minimum atomic E-state index is -0.155. The summed E-state index contributed by atoms with van der Waals surface area (Å²) in [4.78, 5) is 2.57. The molecule has 0 unspecified atom stereocenters. The Labute approximate surface area is 364 Å². The Morgan fingerprint density at radius 2 is 0.871 bits per heavy atom. The fraction of sp³-hybridized carbons (Fsp3) is 0.100. The van der Waals surface area contributed by atoms with Gasteiger partial charge in [0.15, 0.2) is 0 Å². The van der Waals surface area contributed by atoms with Crippen LogP contribution in [0, 0.1) is 0 Å². The number of benzene rings is 9. The van der Waals surface area contributed by atoms with Crippen molar-refractivity contribution in [3.05, 3.63) is 229 Å². The molecule has 2 aliphatic rings. The monoisotopic (exact) mass is 794 g/mol. The second kappa shape index (κ2) is 13.5. The predicted octanol–water partition coefficient (Wildman–Crippen LogP) is 16.2. The van der Waals surface area contributed by atoms with Crippen LogP contribution in [0.2, 0.25) is 0 Å². The molecule has 2 aliphatic carbocycles. The predicted molar refractivity (Wildman–Crippen MR) is 261 cm³/mol. The number of hydrogen-bond acceptors (Lipinski definition) is 1. The third-order valence-corrected chi connectivity index (χ3v) is 14.0. The Morgan fingerprint density at radius 3 is 1.66 bits per heavy atom. The molecule has 296 valence electrons. The lowest BCUT2D eigenvalue weighted by atomic mass is 9.81. The molecule has 0 saturated carbocycles. The van der Waals surface area contributed by atoms with Crippen LogP contribution < -0.4 is 4.90 Å². The van der Waals surface area contributed by atoms with Crippen LogP contribution in [0.5, 0.6) is 0 Å². The highest BCUT2D eigenvalue weighted by molar-refractivity contribution is 6.17. The van der Waals surface area contributed by atoms with Crippen molar-refractivity contribution in [2.24, 2.45) is 0 Å². The lowest BCUT2D eigenvalue weighted by Crippen LogP contribution is -2.17. The van der Waals surface area contributed by atoms with Gasteiger partial charge in [-0.15, -0.1) is 0 Å². The number of nitrogens with zero attached hydrogens (tertiary/aromatic N) is 2. The van der Waals surface area contributed by atoms with Gasteiger partial charge in [0.05, 0.1) is 28.1 Å². The maximum atomic E-state index is 2.57. The summed E-state index contributed by atoms with van der Waals surface area (Å²) in [5, 5.41) is 2.49. The van der Waals surface area contributed by atoms with E-state index in [1.54, 1.807) is 0 Å². The average Bonchev–Trinajstić information content (AvgIpc) is 3.87. The summed E-state index contributed by atoms with van der Waals surface area (Å²) in [7, 11) is 0. The van der Waals surface area contributed by atoms with Crippen molar-refractivity contribution in [2.75, 3.05) is 4.90 Å². The molecule has 0 N–H and O–H groups in total. The number of para-hydroxylation sites is 4. The van der Waals surface area contributed by atoms with Crippen molar-refractivity contribution in [2.45, 2.75) is 38.5 Å². The topological polar surface area (TPSA) is 8.17 Å². The first kappa shape index (κ1) is 36.4. The Bertz CT molecular complexity index is 3420. The van der Waals surface area contributed by atoms with Crippen LogP contribution >= 0.6 is 0 Å². The maximum Gasteiger partial charge on any atom is 0.0547 e. The van der Waals surface area contributed by atoms with Gasteiger partial charge in [-0.1, -0.05) is 185 Å². The van der Waals surface area contributed by atoms with Crippen molar-refractivity contribution in [3.8, 4) is 50.2 Å². The quantitative estimate of drug-likeness (QED) is 0.163. The van der Waals surface area contributed by atoms with Crippen molar-refractivity contribution in [1.29, 1.82) is 0 Å². The maximum absolute atomic E-state index is 2.57. The SMILES string of the molecule is CC1(C)c2ccccc2-c2ccc(-c3ccccc3N(c3ccccc3-c3cccc4c3c3ccccc3n4-c3ccccc3)c3cccc4c3-c3ccccc3C4(C)C)cc21. The molecule has 0 atom stereocenters. The average molecular weight is 795 g/mol. The van der Waals surface area contributed by atoms with Crippen LogP contribution in [-0.2, 0) is 10.8 Å². The first-order chi connectivity index (χ1) is 30.3. The molecule has 0 amide bonds. The summed E-state index contributed by atoms with van der Waals surface area (Å²) < 4.78 is 2.42. The molecule has 2 heteroatoms. The van der Waals surface area contributed by atoms with Gasteiger partial charge in [0.25, 0.3) is 0 Å². The zero-order valence-electron chi connectivity index (χ0n) is 35.5. The Hall–Kier alpha value is -7.42. The summed E-state index contributed by atoms with van der Waals surface area (Å²) in [5.74, 6) is 0. The molecule has 0 radical (unpaired) electrons. The highest BCUT2D eigenvalue weighted by Crippen LogP contribution is 2.57. The molecular weight excluding hydrogens is 749 g/mol. The molecule has 10 aromatic rings. The van der Waals surface area contributed by atoms with E-state index in [0.29, 0.717) is 0 Å². The second-order valence-electron chi connectivity index (χ2n) is 18.1. The van der Waals surface area contributed by atoms with Gasteiger partial charge in [-0.3, -0.25) is 0 Å². The van der Waals surface area contributed by atoms with E-state index < -0.39 is 0 Å². The Kier molecular flexibility index (Phi) is 7.96. The molecule has 0 spiro atoms. The van der Waals surface area contributed by atoms with Gasteiger partial charge in [-0.05, 0) is 98.6 Å². The van der Waals surface area contributed by atoms with E-state index >= 15 is 0 Å². The van der Waals surface area contributed by atoms with E-state index in [4.69, 9.17) is 0 Å². The minimum Gasteiger partial charge on any atom is -0.309 e. The number of fused-ring (bicyclic) bond motifs is 9. The van der Waals surface area contributed by atoms with Crippen LogP contribution in [0.1, 0.15) is 49.9 Å². The van der Waals surface area contributed by atoms with Crippen LogP contribution in [-0.4, -0.2) is 4.57 Å². The fourth-order valence-corrected chi connectivity index (χ4v) is 11.1. The van der Waals surface area contributed by atoms with Gasteiger partial charge in [0.2, 0.25) is 0 Å². The summed E-state index contributed by atoms with van der Waals surface area (Å²) in [6.45, 7) is 9.50. The van der Waals surface area contributed by atoms with Crippen LogP contribution in [0.4, 0.5) is 17.1 Å². The zero-order valence-corrected chi connectivity index (χ0v) is 35.5. The smallest absolute Gasteiger partial charge is 0.0547 e. The van der Waals surface area contributed by atoms with Gasteiger partial charge in [-0.25, -0.2) is 0 Å². The number of aromatic nitrogens is 1. The normalized spacial score (nSPS) is 14.1. The van der Waals surface area contributed by atoms with Gasteiger partial charge < -0.3 is 9.47 Å². The molecule has 2 nitrogen and oxygen atoms in total. The van der Waals surface area contributed by atoms with Gasteiger partial charge in [-0.2, -0.15) is 0 Å². The molecule has 1 aromatic heterocycles. The van der Waals surface area contributed by atoms with Crippen molar-refractivity contribution in [3.63, 3.8) is 0 Å². The van der Waals surface area contributed by atoms with Crippen molar-refractivity contribution in [1.82, 2.24) is 4.57 Å². The molecule has 1 heterocycles. The zero-order chi connectivity index (χ0) is 41.7. The molecule has 0 fully saturated rings. The van der Waals surface area contributed by atoms with E-state index in [1.807, 2.05) is 0 Å². The fourth-order valence-electron chi connectivity index (χ4n) is 11.1. The van der Waals surface area contributed by atoms with Crippen LogP contribution in [0.15, 0.2) is 206 Å². The summed E-state index contributed by atoms with van der Waals surface area (Å²) >= 11 is 0. The van der Waals surface area contributed by atoms with E-state index in [9.17, 15) is 0 Å². The first-order valence-corrected chi connectivity index (χ1v) is 21.9. The molecular formula is C60H46N2. The highest BCUT2D eigenvalue weighted by Gasteiger charge is 2.39. The van der Waals surface area contributed by atoms with E-state index in [2.05, 4.69) is 243 Å². The Balaban J connectivity index is 1.15. The van der Waals surface area contributed by atoms with Crippen molar-refractivity contribution >= 4 is 38.9 Å². The number of anilines is 3. The third kappa shape index (κ3) is 5.16. The second-order valence-corrected chi connectivity index (χ2v) is 18.1. The lowest BCUT2D eigenvalue weighted by molar-refractivity contribution is 0.660. The van der Waals surface area contributed by atoms with Crippen molar-refractivity contribution < 1.29 is 0 Å². The third-order valence-electron chi connectivity index (χ3n) is 14.0. The molecule has 12 rings (SSSR count). The summed E-state index contributed by atoms with van der Waals surface area (Å²) in [5.41, 5.74) is 22.2. The standard InChI is InChI=1S/C60H46N2/c1-59(2)49-29-14-9-25-46(49)58-50(59)30-19-35-56(58)62(52-31-15-10-22-41(52)39-36-37-43-42-23-8-13-28-48(42)60(3,4)51(43)38-39)53-32-16-11-24-44(53)45-27-18-34-55-57(45)47-26-12-17-33-54(47)61(55)40-20-6-5-7-21-40/h5-38H,1-4H3. The minimum absolute atomic E-state index is 0.115. The highest BCUT2D eigenvalue weighted by atomic mass is 15.2. The first-order valence-electron chi connectivity index (χ1n) is 21.9. The molecule has 62 heavy (non-hydrogen) atoms. The van der Waals surface area contributed by atoms with Gasteiger partial charge in [0.1, 0.15) is 0 Å². The lowest BCUT2D eigenvalue weighted by Gasteiger charge is -2.32. The number of hydrogen-bond donors (Lipinski definition) is 0. The van der Waals surface area contributed by atoms with Gasteiger partial charge >= 0.3 is 0 Å². The van der Waals surface area contributed by atoms with E-state index in [0.717, 1.165) is 17.1 Å². The van der Waals surface area contributed by atoms with Crippen LogP contribution in [0.3, 0.4) is 0 Å². The Morgan fingerprint density at radius 1 is 0.355 bits per heavy atom. The van der Waals surface area contributed by atoms with E-state index in [1.165, 1.54) is 94.3 Å². The molecule has 9 aromatic carbocycles. The van der Waals surface area contributed by atoms with E-state index in [-0.39, 0.29) is 10.8 Å². The summed E-state index contributed by atoms with van der Waals surface area (Å²) in [6, 6.07) is 76.6. The molecule has 0 saturated heterocycles. The molecule has 0 bridgehead atoms. The van der Waals surface area contributed by atoms with Gasteiger partial charge in [0, 0.05) is 44.0 Å². The summed E-state index contributed by atoms with van der Waals surface area (Å²) in [6.07, 6.45) is 0. The molecule has 0 aliphatic heterocycles. The number of rotatable bonds is 6. The van der Waals surface area contributed by atoms with Crippen LogP contribution in [0.25, 0.3) is 72.0 Å².